The van der Waals surface area contributed by atoms with Gasteiger partial charge in [-0.25, -0.2) is 4.98 Å². The Balaban J connectivity index is 0. The molecule has 1 heterocycles. The Morgan fingerprint density at radius 3 is 2.38 bits per heavy atom. The molecule has 0 atom stereocenters. The second-order valence-corrected chi connectivity index (χ2v) is 3.74. The van der Waals surface area contributed by atoms with Crippen molar-refractivity contribution < 1.29 is 5.48 Å². The van der Waals surface area contributed by atoms with Gasteiger partial charge in [-0.15, -0.1) is 36.2 Å². The summed E-state index contributed by atoms with van der Waals surface area (Å²) >= 11 is 1.66. The van der Waals surface area contributed by atoms with Gasteiger partial charge in [0.1, 0.15) is 0 Å². The van der Waals surface area contributed by atoms with Gasteiger partial charge in [0, 0.05) is 4.88 Å². The summed E-state index contributed by atoms with van der Waals surface area (Å²) in [7, 11) is 0. The van der Waals surface area contributed by atoms with Gasteiger partial charge >= 0.3 is 0 Å². The first-order valence-electron chi connectivity index (χ1n) is 3.60. The third-order valence-corrected chi connectivity index (χ3v) is 2.85. The highest BCUT2D eigenvalue weighted by Gasteiger charge is 2.12. The summed E-state index contributed by atoms with van der Waals surface area (Å²) in [4.78, 5) is 5.67. The third-order valence-electron chi connectivity index (χ3n) is 1.86. The molecule has 0 saturated carbocycles. The van der Waals surface area contributed by atoms with Crippen molar-refractivity contribution >= 4 is 41.3 Å². The molecule has 6 heteroatoms. The minimum absolute atomic E-state index is 0. The highest BCUT2D eigenvalue weighted by Crippen LogP contribution is 2.27. The fraction of sp³-hybridized carbons (Fsp3) is 0.571. The molecular formula is C7H14Cl2N2OS. The predicted molar refractivity (Wildman–Crippen MR) is 61.3 cm³/mol. The van der Waals surface area contributed by atoms with Crippen LogP contribution in [0.3, 0.4) is 0 Å². The van der Waals surface area contributed by atoms with Gasteiger partial charge in [-0.05, 0) is 25.7 Å². The summed E-state index contributed by atoms with van der Waals surface area (Å²) in [6.07, 6.45) is 4.94. The van der Waals surface area contributed by atoms with E-state index in [1.54, 1.807) is 11.3 Å². The van der Waals surface area contributed by atoms with Crippen LogP contribution in [0.4, 0.5) is 5.13 Å². The smallest absolute Gasteiger partial charge is 0.180 e. The molecule has 13 heavy (non-hydrogen) atoms. The monoisotopic (exact) mass is 244 g/mol. The highest BCUT2D eigenvalue weighted by atomic mass is 35.5. The number of nitrogens with zero attached hydrogens (tertiary/aromatic N) is 1. The van der Waals surface area contributed by atoms with Crippen LogP contribution < -0.4 is 5.73 Å². The zero-order valence-corrected chi connectivity index (χ0v) is 9.53. The molecule has 0 amide bonds. The maximum Gasteiger partial charge on any atom is 0.180 e. The van der Waals surface area contributed by atoms with Crippen LogP contribution in [0, 0.1) is 0 Å². The van der Waals surface area contributed by atoms with Gasteiger partial charge in [0.2, 0.25) is 0 Å². The van der Waals surface area contributed by atoms with Crippen LogP contribution in [0.15, 0.2) is 0 Å². The van der Waals surface area contributed by atoms with Crippen molar-refractivity contribution in [2.75, 3.05) is 5.73 Å². The molecule has 0 unspecified atom stereocenters. The molecule has 3 nitrogen and oxygen atoms in total. The Hall–Kier alpha value is -0.0300. The van der Waals surface area contributed by atoms with Crippen LogP contribution in [0.1, 0.15) is 23.4 Å². The van der Waals surface area contributed by atoms with E-state index >= 15 is 0 Å². The quantitative estimate of drug-likeness (QED) is 0.754. The zero-order valence-electron chi connectivity index (χ0n) is 7.08. The van der Waals surface area contributed by atoms with Crippen molar-refractivity contribution in [2.24, 2.45) is 0 Å². The molecule has 0 radical (unpaired) electrons. The largest absolute Gasteiger partial charge is 0.412 e. The maximum atomic E-state index is 5.57. The first-order valence-corrected chi connectivity index (χ1v) is 4.42. The third kappa shape index (κ3) is 3.31. The van der Waals surface area contributed by atoms with Gasteiger partial charge in [-0.3, -0.25) is 0 Å². The summed E-state index contributed by atoms with van der Waals surface area (Å²) < 4.78 is 0. The zero-order chi connectivity index (χ0) is 6.97. The number of aromatic nitrogens is 1. The molecule has 2 rings (SSSR count). The van der Waals surface area contributed by atoms with Crippen molar-refractivity contribution in [3.8, 4) is 0 Å². The minimum atomic E-state index is 0. The van der Waals surface area contributed by atoms with E-state index in [4.69, 9.17) is 5.73 Å². The number of hydrogen-bond acceptors (Lipinski definition) is 3. The molecule has 1 aromatic rings. The first-order chi connectivity index (χ1) is 4.86. The minimum Gasteiger partial charge on any atom is -0.412 e. The lowest BCUT2D eigenvalue weighted by Gasteiger charge is -2.06. The van der Waals surface area contributed by atoms with Gasteiger partial charge in [0.15, 0.2) is 5.13 Å². The second kappa shape index (κ2) is 6.43. The summed E-state index contributed by atoms with van der Waals surface area (Å²) in [5, 5.41) is 0.743. The van der Waals surface area contributed by atoms with Gasteiger partial charge in [0.25, 0.3) is 0 Å². The van der Waals surface area contributed by atoms with Crippen molar-refractivity contribution in [1.29, 1.82) is 0 Å². The molecule has 1 aliphatic carbocycles. The number of rotatable bonds is 0. The summed E-state index contributed by atoms with van der Waals surface area (Å²) in [6, 6.07) is 0. The topological polar surface area (TPSA) is 70.4 Å². The number of thiazole rings is 1. The number of fused-ring (bicyclic) bond motifs is 1. The highest BCUT2D eigenvalue weighted by molar-refractivity contribution is 7.15. The van der Waals surface area contributed by atoms with E-state index < -0.39 is 0 Å². The Labute approximate surface area is 93.9 Å². The van der Waals surface area contributed by atoms with Crippen LogP contribution >= 0.6 is 36.2 Å². The van der Waals surface area contributed by atoms with E-state index in [1.807, 2.05) is 0 Å². The molecule has 1 aliphatic rings. The molecule has 78 valence electrons. The van der Waals surface area contributed by atoms with E-state index in [9.17, 15) is 0 Å². The number of halogens is 2. The van der Waals surface area contributed by atoms with Crippen molar-refractivity contribution in [3.05, 3.63) is 10.6 Å². The predicted octanol–water partition coefficient (Wildman–Crippen LogP) is 1.62. The molecule has 4 N–H and O–H groups in total. The Bertz CT molecular complexity index is 231. The Kier molecular flexibility index (Phi) is 7.64. The molecule has 1 aromatic heterocycles. The van der Waals surface area contributed by atoms with Crippen LogP contribution in [-0.2, 0) is 12.8 Å². The Morgan fingerprint density at radius 1 is 1.15 bits per heavy atom. The summed E-state index contributed by atoms with van der Waals surface area (Å²) in [5.74, 6) is 0. The molecule has 0 aromatic carbocycles. The van der Waals surface area contributed by atoms with Gasteiger partial charge in [0.05, 0.1) is 5.69 Å². The number of aryl methyl sites for hydroxylation is 2. The molecule has 0 fully saturated rings. The lowest BCUT2D eigenvalue weighted by molar-refractivity contribution is 0.683. The number of hydrogen-bond donors (Lipinski definition) is 1. The standard InChI is InChI=1S/C7H10N2S.2ClH.H2O/c8-7-9-5-3-1-2-4-6(5)10-7;;;/h1-4H2,(H2,8,9);2*1H;1H2. The fourth-order valence-corrected chi connectivity index (χ4v) is 2.29. The van der Waals surface area contributed by atoms with E-state index in [1.165, 1.54) is 29.8 Å². The normalized spacial score (nSPS) is 12.9. The van der Waals surface area contributed by atoms with Crippen molar-refractivity contribution in [1.82, 2.24) is 4.98 Å². The van der Waals surface area contributed by atoms with Crippen LogP contribution in [0.2, 0.25) is 0 Å². The maximum absolute atomic E-state index is 5.57. The van der Waals surface area contributed by atoms with E-state index in [0.29, 0.717) is 0 Å². The van der Waals surface area contributed by atoms with Gasteiger partial charge in [-0.1, -0.05) is 0 Å². The average molecular weight is 245 g/mol. The molecule has 0 saturated heterocycles. The van der Waals surface area contributed by atoms with Crippen LogP contribution in [0.5, 0.6) is 0 Å². The average Bonchev–Trinajstić information content (AvgIpc) is 2.27. The molecule has 0 spiro atoms. The van der Waals surface area contributed by atoms with Gasteiger partial charge < -0.3 is 11.2 Å². The van der Waals surface area contributed by atoms with Crippen LogP contribution in [0.25, 0.3) is 0 Å². The van der Waals surface area contributed by atoms with E-state index in [2.05, 4.69) is 4.98 Å². The Morgan fingerprint density at radius 2 is 1.77 bits per heavy atom. The van der Waals surface area contributed by atoms with E-state index in [0.717, 1.165) is 11.6 Å². The fourth-order valence-electron chi connectivity index (χ4n) is 1.37. The lowest BCUT2D eigenvalue weighted by atomic mass is 10.0. The number of anilines is 1. The lowest BCUT2D eigenvalue weighted by Crippen LogP contribution is -1.99. The van der Waals surface area contributed by atoms with Gasteiger partial charge in [-0.2, -0.15) is 0 Å². The number of nitrogens with two attached hydrogens (primary N) is 1. The molecular weight excluding hydrogens is 231 g/mol. The SMILES string of the molecule is Cl.Cl.Nc1nc2c(s1)CCCC2.O. The molecule has 0 aliphatic heterocycles. The first kappa shape index (κ1) is 15.4. The summed E-state index contributed by atoms with van der Waals surface area (Å²) in [5.41, 5.74) is 6.82. The molecule has 0 bridgehead atoms. The summed E-state index contributed by atoms with van der Waals surface area (Å²) in [6.45, 7) is 0. The van der Waals surface area contributed by atoms with Crippen molar-refractivity contribution in [3.63, 3.8) is 0 Å². The van der Waals surface area contributed by atoms with Crippen molar-refractivity contribution in [2.45, 2.75) is 25.7 Å². The second-order valence-electron chi connectivity index (χ2n) is 2.63. The number of nitrogen functional groups attached to an aromatic ring is 1. The van der Waals surface area contributed by atoms with Crippen LogP contribution in [-0.4, -0.2) is 10.5 Å². The van der Waals surface area contributed by atoms with E-state index in [-0.39, 0.29) is 30.3 Å².